The molecule has 1 saturated heterocycles. The van der Waals surface area contributed by atoms with Gasteiger partial charge < -0.3 is 33.5 Å². The summed E-state index contributed by atoms with van der Waals surface area (Å²) in [5.74, 6) is -0.514. The fourth-order valence-electron chi connectivity index (χ4n) is 3.85. The maximum Gasteiger partial charge on any atom is 0.332 e. The van der Waals surface area contributed by atoms with Crippen molar-refractivity contribution in [1.29, 1.82) is 0 Å². The van der Waals surface area contributed by atoms with Crippen molar-refractivity contribution in [2.45, 2.75) is 70.3 Å². The zero-order valence-electron chi connectivity index (χ0n) is 20.8. The highest BCUT2D eigenvalue weighted by atomic mass is 16.7. The molecule has 1 aliphatic rings. The molecule has 1 aliphatic heterocycles. The molecule has 8 nitrogen and oxygen atoms in total. The SMILES string of the molecule is CO[C@H]1O[C@H](CO)[C@@H](OCc2ccccc2)[C@H](OCc2ccccc2)[C@H]1OCC(=O)OC(C)(C)C. The van der Waals surface area contributed by atoms with Gasteiger partial charge in [-0.1, -0.05) is 60.7 Å². The van der Waals surface area contributed by atoms with E-state index in [0.717, 1.165) is 11.1 Å². The second-order valence-electron chi connectivity index (χ2n) is 9.35. The fraction of sp³-hybridized carbons (Fsp3) is 0.519. The zero-order chi connectivity index (χ0) is 25.3. The van der Waals surface area contributed by atoms with Gasteiger partial charge >= 0.3 is 5.97 Å². The first-order valence-corrected chi connectivity index (χ1v) is 11.7. The third-order valence-corrected chi connectivity index (χ3v) is 5.39. The smallest absolute Gasteiger partial charge is 0.332 e. The largest absolute Gasteiger partial charge is 0.458 e. The summed E-state index contributed by atoms with van der Waals surface area (Å²) in [6.45, 7) is 5.31. The van der Waals surface area contributed by atoms with E-state index in [1.807, 2.05) is 60.7 Å². The first-order valence-electron chi connectivity index (χ1n) is 11.7. The Kier molecular flexibility index (Phi) is 10.2. The molecule has 35 heavy (non-hydrogen) atoms. The highest BCUT2D eigenvalue weighted by molar-refractivity contribution is 5.71. The molecular formula is C27H36O8. The van der Waals surface area contributed by atoms with Gasteiger partial charge in [0.2, 0.25) is 0 Å². The molecule has 2 aromatic rings. The Morgan fingerprint density at radius 1 is 0.857 bits per heavy atom. The van der Waals surface area contributed by atoms with Crippen LogP contribution in [0.2, 0.25) is 0 Å². The summed E-state index contributed by atoms with van der Waals surface area (Å²) in [4.78, 5) is 12.4. The fourth-order valence-corrected chi connectivity index (χ4v) is 3.85. The molecule has 8 heteroatoms. The zero-order valence-corrected chi connectivity index (χ0v) is 20.8. The molecule has 3 rings (SSSR count). The number of hydrogen-bond donors (Lipinski definition) is 1. The Bertz CT molecular complexity index is 883. The quantitative estimate of drug-likeness (QED) is 0.482. The van der Waals surface area contributed by atoms with Gasteiger partial charge in [0.25, 0.3) is 0 Å². The minimum atomic E-state index is -0.882. The van der Waals surface area contributed by atoms with Crippen LogP contribution in [0.25, 0.3) is 0 Å². The summed E-state index contributed by atoms with van der Waals surface area (Å²) in [6, 6.07) is 19.4. The van der Waals surface area contributed by atoms with Crippen molar-refractivity contribution >= 4 is 5.97 Å². The van der Waals surface area contributed by atoms with Crippen LogP contribution in [-0.4, -0.2) is 67.7 Å². The van der Waals surface area contributed by atoms with Gasteiger partial charge in [-0.05, 0) is 31.9 Å². The third-order valence-electron chi connectivity index (χ3n) is 5.39. The summed E-state index contributed by atoms with van der Waals surface area (Å²) < 4.78 is 35.3. The van der Waals surface area contributed by atoms with Crippen LogP contribution in [-0.2, 0) is 46.4 Å². The number of aliphatic hydroxyl groups excluding tert-OH is 1. The Balaban J connectivity index is 1.81. The monoisotopic (exact) mass is 488 g/mol. The highest BCUT2D eigenvalue weighted by Crippen LogP contribution is 2.30. The van der Waals surface area contributed by atoms with Gasteiger partial charge in [-0.15, -0.1) is 0 Å². The van der Waals surface area contributed by atoms with E-state index >= 15 is 0 Å². The molecule has 1 N–H and O–H groups in total. The lowest BCUT2D eigenvalue weighted by Crippen LogP contribution is -2.61. The molecule has 0 radical (unpaired) electrons. The second kappa shape index (κ2) is 13.1. The molecule has 1 heterocycles. The van der Waals surface area contributed by atoms with E-state index in [1.165, 1.54) is 7.11 Å². The van der Waals surface area contributed by atoms with E-state index in [-0.39, 0.29) is 26.4 Å². The first-order chi connectivity index (χ1) is 16.8. The van der Waals surface area contributed by atoms with Gasteiger partial charge in [-0.25, -0.2) is 4.79 Å². The van der Waals surface area contributed by atoms with E-state index in [9.17, 15) is 9.90 Å². The van der Waals surface area contributed by atoms with Crippen LogP contribution in [0.3, 0.4) is 0 Å². The molecule has 0 unspecified atom stereocenters. The Hall–Kier alpha value is -2.33. The van der Waals surface area contributed by atoms with Gasteiger partial charge in [0.15, 0.2) is 6.29 Å². The van der Waals surface area contributed by atoms with Gasteiger partial charge in [0.05, 0.1) is 19.8 Å². The van der Waals surface area contributed by atoms with Crippen molar-refractivity contribution in [1.82, 2.24) is 0 Å². The summed E-state index contributed by atoms with van der Waals surface area (Å²) in [6.07, 6.45) is -3.78. The van der Waals surface area contributed by atoms with E-state index in [0.29, 0.717) is 0 Å². The number of ether oxygens (including phenoxy) is 6. The van der Waals surface area contributed by atoms with Gasteiger partial charge in [-0.3, -0.25) is 0 Å². The molecular weight excluding hydrogens is 452 g/mol. The topological polar surface area (TPSA) is 92.7 Å². The average molecular weight is 489 g/mol. The molecule has 0 bridgehead atoms. The highest BCUT2D eigenvalue weighted by Gasteiger charge is 2.48. The summed E-state index contributed by atoms with van der Waals surface area (Å²) in [5, 5.41) is 10.1. The van der Waals surface area contributed by atoms with Crippen LogP contribution in [0.1, 0.15) is 31.9 Å². The summed E-state index contributed by atoms with van der Waals surface area (Å²) in [5.41, 5.74) is 1.28. The number of hydrogen-bond acceptors (Lipinski definition) is 8. The first kappa shape index (κ1) is 27.3. The lowest BCUT2D eigenvalue weighted by atomic mass is 9.98. The van der Waals surface area contributed by atoms with Crippen LogP contribution >= 0.6 is 0 Å². The minimum Gasteiger partial charge on any atom is -0.458 e. The molecule has 192 valence electrons. The standard InChI is InChI=1S/C27H36O8/c1-27(2,3)35-22(29)18-33-25-24(32-17-20-13-9-6-10-14-20)23(21(15-28)34-26(25)30-4)31-16-19-11-7-5-8-12-19/h5-14,21,23-26,28H,15-18H2,1-4H3/t21-,23-,24+,25-,26+/m1/s1. The van der Waals surface area contributed by atoms with Gasteiger partial charge in [-0.2, -0.15) is 0 Å². The molecule has 0 aliphatic carbocycles. The lowest BCUT2D eigenvalue weighted by Gasteiger charge is -2.45. The lowest BCUT2D eigenvalue weighted by molar-refractivity contribution is -0.319. The summed E-state index contributed by atoms with van der Waals surface area (Å²) >= 11 is 0. The Labute approximate surface area is 207 Å². The van der Waals surface area contributed by atoms with Crippen molar-refractivity contribution < 1.29 is 38.3 Å². The normalized spacial score (nSPS) is 24.8. The van der Waals surface area contributed by atoms with Crippen molar-refractivity contribution in [3.63, 3.8) is 0 Å². The molecule has 0 aromatic heterocycles. The maximum absolute atomic E-state index is 12.4. The molecule has 0 amide bonds. The van der Waals surface area contributed by atoms with Crippen LogP contribution in [0.5, 0.6) is 0 Å². The van der Waals surface area contributed by atoms with Crippen molar-refractivity contribution in [2.75, 3.05) is 20.3 Å². The number of carbonyl (C=O) groups excluding carboxylic acids is 1. The number of rotatable bonds is 11. The van der Waals surface area contributed by atoms with Crippen LogP contribution in [0.15, 0.2) is 60.7 Å². The number of methoxy groups -OCH3 is 1. The van der Waals surface area contributed by atoms with E-state index in [1.54, 1.807) is 20.8 Å². The third kappa shape index (κ3) is 8.38. The Morgan fingerprint density at radius 2 is 1.40 bits per heavy atom. The van der Waals surface area contributed by atoms with Gasteiger partial charge in [0.1, 0.15) is 36.6 Å². The second-order valence-corrected chi connectivity index (χ2v) is 9.35. The van der Waals surface area contributed by atoms with Crippen molar-refractivity contribution in [2.24, 2.45) is 0 Å². The Morgan fingerprint density at radius 3 is 1.89 bits per heavy atom. The molecule has 0 spiro atoms. The number of benzene rings is 2. The van der Waals surface area contributed by atoms with Crippen LogP contribution < -0.4 is 0 Å². The maximum atomic E-state index is 12.4. The van der Waals surface area contributed by atoms with Crippen molar-refractivity contribution in [3.05, 3.63) is 71.8 Å². The van der Waals surface area contributed by atoms with Crippen LogP contribution in [0.4, 0.5) is 0 Å². The predicted octanol–water partition coefficient (Wildman–Crippen LogP) is 3.25. The number of aliphatic hydroxyl groups is 1. The predicted molar refractivity (Wildman–Crippen MR) is 128 cm³/mol. The van der Waals surface area contributed by atoms with Crippen molar-refractivity contribution in [3.8, 4) is 0 Å². The molecule has 0 saturated carbocycles. The van der Waals surface area contributed by atoms with E-state index in [4.69, 9.17) is 28.4 Å². The average Bonchev–Trinajstić information content (AvgIpc) is 2.85. The van der Waals surface area contributed by atoms with E-state index in [2.05, 4.69) is 0 Å². The molecule has 5 atom stereocenters. The summed E-state index contributed by atoms with van der Waals surface area (Å²) in [7, 11) is 1.47. The van der Waals surface area contributed by atoms with Crippen LogP contribution in [0, 0.1) is 0 Å². The van der Waals surface area contributed by atoms with Gasteiger partial charge in [0, 0.05) is 7.11 Å². The molecule has 1 fully saturated rings. The minimum absolute atomic E-state index is 0.275. The number of esters is 1. The molecule has 2 aromatic carbocycles. The number of carbonyl (C=O) groups is 1. The van der Waals surface area contributed by atoms with E-state index < -0.39 is 42.3 Å².